The number of rotatable bonds is 5. The molecule has 3 rings (SSSR count). The number of benzene rings is 1. The van der Waals surface area contributed by atoms with Crippen LogP contribution in [0.4, 0.5) is 4.79 Å². The molecular weight excluding hydrogens is 340 g/mol. The minimum Gasteiger partial charge on any atom is -0.439 e. The van der Waals surface area contributed by atoms with Gasteiger partial charge >= 0.3 is 6.09 Å². The number of likely N-dealkylation sites (tertiary alicyclic amines) is 1. The van der Waals surface area contributed by atoms with Gasteiger partial charge in [-0.1, -0.05) is 12.1 Å². The van der Waals surface area contributed by atoms with Gasteiger partial charge in [0.2, 0.25) is 5.91 Å². The number of carbonyl (C=O) groups is 3. The second-order valence-corrected chi connectivity index (χ2v) is 7.16. The van der Waals surface area contributed by atoms with Crippen molar-refractivity contribution < 1.29 is 19.1 Å². The number of imide groups is 1. The molecule has 6 nitrogen and oxygen atoms in total. The number of thioether (sulfide) groups is 1. The topological polar surface area (TPSA) is 66.9 Å². The molecule has 7 heteroatoms. The minimum atomic E-state index is -0.552. The number of carbonyl (C=O) groups excluding carboxylic acids is 3. The second-order valence-electron chi connectivity index (χ2n) is 6.28. The Morgan fingerprint density at radius 2 is 1.88 bits per heavy atom. The summed E-state index contributed by atoms with van der Waals surface area (Å²) in [5.41, 5.74) is 1.16. The number of ether oxygens (including phenoxy) is 1. The van der Waals surface area contributed by atoms with Crippen LogP contribution in [0.25, 0.3) is 0 Å². The van der Waals surface area contributed by atoms with Gasteiger partial charge in [0.25, 0.3) is 5.91 Å². The van der Waals surface area contributed by atoms with Crippen LogP contribution in [0.2, 0.25) is 0 Å². The molecule has 3 amide bonds. The van der Waals surface area contributed by atoms with E-state index in [-0.39, 0.29) is 24.5 Å². The third-order valence-electron chi connectivity index (χ3n) is 4.75. The molecule has 134 valence electrons. The standard InChI is InChI=1S/C18H22N2O4S/c1-25-15-5-2-13(3-6-15)4-7-16(21)19-10-8-14(9-11-19)20-17(22)12-24-18(20)23/h2-3,5-6,14H,4,7-12H2,1H3. The highest BCUT2D eigenvalue weighted by Crippen LogP contribution is 2.22. The number of cyclic esters (lactones) is 1. The molecule has 0 aromatic heterocycles. The summed E-state index contributed by atoms with van der Waals surface area (Å²) < 4.78 is 4.76. The fourth-order valence-corrected chi connectivity index (χ4v) is 3.70. The Morgan fingerprint density at radius 3 is 2.44 bits per heavy atom. The third kappa shape index (κ3) is 4.15. The van der Waals surface area contributed by atoms with E-state index in [1.165, 1.54) is 9.80 Å². The predicted octanol–water partition coefficient (Wildman–Crippen LogP) is 2.31. The molecule has 0 unspecified atom stereocenters. The van der Waals surface area contributed by atoms with Crippen molar-refractivity contribution >= 4 is 29.7 Å². The van der Waals surface area contributed by atoms with Gasteiger partial charge in [-0.15, -0.1) is 11.8 Å². The summed E-state index contributed by atoms with van der Waals surface area (Å²) in [5.74, 6) is -0.147. The lowest BCUT2D eigenvalue weighted by Crippen LogP contribution is -2.48. The maximum Gasteiger partial charge on any atom is 0.417 e. The van der Waals surface area contributed by atoms with Crippen LogP contribution in [0.1, 0.15) is 24.8 Å². The quantitative estimate of drug-likeness (QED) is 0.752. The second kappa shape index (κ2) is 7.91. The van der Waals surface area contributed by atoms with Crippen molar-refractivity contribution in [2.45, 2.75) is 36.6 Å². The molecule has 0 aliphatic carbocycles. The van der Waals surface area contributed by atoms with Crippen LogP contribution in [0.3, 0.4) is 0 Å². The van der Waals surface area contributed by atoms with E-state index in [4.69, 9.17) is 4.74 Å². The molecular formula is C18H22N2O4S. The van der Waals surface area contributed by atoms with Crippen LogP contribution < -0.4 is 0 Å². The van der Waals surface area contributed by atoms with E-state index in [2.05, 4.69) is 24.3 Å². The molecule has 0 radical (unpaired) electrons. The van der Waals surface area contributed by atoms with Gasteiger partial charge in [-0.25, -0.2) is 9.69 Å². The Morgan fingerprint density at radius 1 is 1.20 bits per heavy atom. The van der Waals surface area contributed by atoms with Crippen molar-refractivity contribution in [2.24, 2.45) is 0 Å². The Kier molecular flexibility index (Phi) is 5.63. The summed E-state index contributed by atoms with van der Waals surface area (Å²) in [5, 5.41) is 0. The molecule has 2 fully saturated rings. The van der Waals surface area contributed by atoms with Crippen LogP contribution in [0.15, 0.2) is 29.2 Å². The van der Waals surface area contributed by atoms with Gasteiger partial charge in [0.15, 0.2) is 6.61 Å². The van der Waals surface area contributed by atoms with E-state index in [1.54, 1.807) is 11.8 Å². The first-order valence-electron chi connectivity index (χ1n) is 8.48. The van der Waals surface area contributed by atoms with Crippen molar-refractivity contribution in [1.29, 1.82) is 0 Å². The van der Waals surface area contributed by atoms with E-state index in [1.807, 2.05) is 11.2 Å². The van der Waals surface area contributed by atoms with E-state index >= 15 is 0 Å². The van der Waals surface area contributed by atoms with E-state index in [9.17, 15) is 14.4 Å². The van der Waals surface area contributed by atoms with Gasteiger partial charge in [-0.3, -0.25) is 9.59 Å². The van der Waals surface area contributed by atoms with Gasteiger partial charge in [0, 0.05) is 30.4 Å². The molecule has 0 N–H and O–H groups in total. The summed E-state index contributed by atoms with van der Waals surface area (Å²) in [6, 6.07) is 8.13. The lowest BCUT2D eigenvalue weighted by atomic mass is 10.0. The summed E-state index contributed by atoms with van der Waals surface area (Å²) in [4.78, 5) is 40.0. The first kappa shape index (κ1) is 17.8. The normalized spacial score (nSPS) is 18.6. The van der Waals surface area contributed by atoms with Crippen LogP contribution in [-0.4, -0.2) is 59.7 Å². The predicted molar refractivity (Wildman–Crippen MR) is 94.3 cm³/mol. The van der Waals surface area contributed by atoms with Crippen LogP contribution in [-0.2, 0) is 20.7 Å². The maximum absolute atomic E-state index is 12.4. The van der Waals surface area contributed by atoms with Crippen molar-refractivity contribution in [1.82, 2.24) is 9.80 Å². The summed E-state index contributed by atoms with van der Waals surface area (Å²) in [6.07, 6.45) is 3.93. The molecule has 0 saturated carbocycles. The lowest BCUT2D eigenvalue weighted by molar-refractivity contribution is -0.133. The summed E-state index contributed by atoms with van der Waals surface area (Å²) in [7, 11) is 0. The van der Waals surface area contributed by atoms with Crippen molar-refractivity contribution in [3.63, 3.8) is 0 Å². The fraction of sp³-hybridized carbons (Fsp3) is 0.500. The lowest BCUT2D eigenvalue weighted by Gasteiger charge is -2.34. The largest absolute Gasteiger partial charge is 0.439 e. The number of nitrogens with zero attached hydrogens (tertiary/aromatic N) is 2. The van der Waals surface area contributed by atoms with Gasteiger partial charge < -0.3 is 9.64 Å². The Bertz CT molecular complexity index is 638. The third-order valence-corrected chi connectivity index (χ3v) is 5.50. The maximum atomic E-state index is 12.4. The fourth-order valence-electron chi connectivity index (χ4n) is 3.29. The SMILES string of the molecule is CSc1ccc(CCC(=O)N2CCC(N3C(=O)COC3=O)CC2)cc1. The van der Waals surface area contributed by atoms with Gasteiger partial charge in [-0.2, -0.15) is 0 Å². The number of hydrogen-bond acceptors (Lipinski definition) is 5. The molecule has 2 saturated heterocycles. The van der Waals surface area contributed by atoms with Crippen LogP contribution in [0, 0.1) is 0 Å². The Labute approximate surface area is 151 Å². The zero-order valence-electron chi connectivity index (χ0n) is 14.3. The highest BCUT2D eigenvalue weighted by Gasteiger charge is 2.38. The summed E-state index contributed by atoms with van der Waals surface area (Å²) in [6.45, 7) is 0.991. The Balaban J connectivity index is 1.46. The molecule has 2 aliphatic rings. The first-order chi connectivity index (χ1) is 12.1. The van der Waals surface area contributed by atoms with Crippen LogP contribution >= 0.6 is 11.8 Å². The highest BCUT2D eigenvalue weighted by molar-refractivity contribution is 7.98. The molecule has 0 bridgehead atoms. The molecule has 0 atom stereocenters. The van der Waals surface area contributed by atoms with Gasteiger partial charge in [0.05, 0.1) is 0 Å². The molecule has 0 spiro atoms. The van der Waals surface area contributed by atoms with Gasteiger partial charge in [0.1, 0.15) is 0 Å². The van der Waals surface area contributed by atoms with E-state index in [0.29, 0.717) is 32.4 Å². The van der Waals surface area contributed by atoms with Crippen molar-refractivity contribution in [3.05, 3.63) is 29.8 Å². The number of piperidine rings is 1. The van der Waals surface area contributed by atoms with Crippen molar-refractivity contribution in [3.8, 4) is 0 Å². The zero-order chi connectivity index (χ0) is 17.8. The van der Waals surface area contributed by atoms with Crippen molar-refractivity contribution in [2.75, 3.05) is 26.0 Å². The number of aryl methyl sites for hydroxylation is 1. The average molecular weight is 362 g/mol. The molecule has 2 heterocycles. The molecule has 1 aromatic rings. The average Bonchev–Trinajstić information content (AvgIpc) is 2.98. The Hall–Kier alpha value is -2.02. The smallest absolute Gasteiger partial charge is 0.417 e. The van der Waals surface area contributed by atoms with Gasteiger partial charge in [-0.05, 0) is 43.2 Å². The van der Waals surface area contributed by atoms with E-state index in [0.717, 1.165) is 12.0 Å². The zero-order valence-corrected chi connectivity index (χ0v) is 15.1. The summed E-state index contributed by atoms with van der Waals surface area (Å²) >= 11 is 1.70. The molecule has 1 aromatic carbocycles. The number of hydrogen-bond donors (Lipinski definition) is 0. The first-order valence-corrected chi connectivity index (χ1v) is 9.70. The minimum absolute atomic E-state index is 0.128. The van der Waals surface area contributed by atoms with E-state index < -0.39 is 6.09 Å². The number of amides is 3. The molecule has 25 heavy (non-hydrogen) atoms. The highest BCUT2D eigenvalue weighted by atomic mass is 32.2. The van der Waals surface area contributed by atoms with Crippen LogP contribution in [0.5, 0.6) is 0 Å². The molecule has 2 aliphatic heterocycles. The monoisotopic (exact) mass is 362 g/mol.